The Morgan fingerprint density at radius 3 is 2.11 bits per heavy atom. The molecule has 2 unspecified atom stereocenters. The smallest absolute Gasteiger partial charge is 0.128 e. The van der Waals surface area contributed by atoms with Crippen molar-refractivity contribution in [3.63, 3.8) is 0 Å². The number of nitrogens with zero attached hydrogens (tertiary/aromatic N) is 2. The largest absolute Gasteiger partial charge is 0.301 e. The highest BCUT2D eigenvalue weighted by Gasteiger charge is 2.36. The highest BCUT2D eigenvalue weighted by Crippen LogP contribution is 2.54. The van der Waals surface area contributed by atoms with Gasteiger partial charge in [-0.15, -0.1) is 11.3 Å². The summed E-state index contributed by atoms with van der Waals surface area (Å²) >= 11 is 1.95. The van der Waals surface area contributed by atoms with E-state index in [1.54, 1.807) is 0 Å². The SMILES string of the molecule is CC/C=C\C1=C(C)N(C2=NC(c3ccccc3)NC(c3ccccc3)C2)c2c(cc(-c3ccc(-c4ccccc4)cc3)c3sc4c(c23)CCC=C4)-c2ccccc21. The van der Waals surface area contributed by atoms with E-state index < -0.39 is 0 Å². The molecule has 1 N–H and O–H groups in total. The van der Waals surface area contributed by atoms with Crippen molar-refractivity contribution in [3.8, 4) is 33.4 Å². The molecule has 3 aliphatic rings. The van der Waals surface area contributed by atoms with Crippen molar-refractivity contribution in [2.24, 2.45) is 4.99 Å². The van der Waals surface area contributed by atoms with Crippen LogP contribution in [0.2, 0.25) is 0 Å². The topological polar surface area (TPSA) is 27.6 Å². The van der Waals surface area contributed by atoms with Crippen molar-refractivity contribution in [2.75, 3.05) is 4.90 Å². The summed E-state index contributed by atoms with van der Waals surface area (Å²) in [6.07, 6.45) is 12.9. The predicted molar refractivity (Wildman–Crippen MR) is 244 cm³/mol. The van der Waals surface area contributed by atoms with Gasteiger partial charge in [0.1, 0.15) is 12.0 Å². The molecule has 2 aliphatic heterocycles. The molecule has 0 bridgehead atoms. The summed E-state index contributed by atoms with van der Waals surface area (Å²) in [6, 6.07) is 53.2. The molecule has 0 saturated heterocycles. The van der Waals surface area contributed by atoms with Gasteiger partial charge in [0, 0.05) is 49.8 Å². The van der Waals surface area contributed by atoms with E-state index in [4.69, 9.17) is 4.99 Å². The van der Waals surface area contributed by atoms with Crippen LogP contribution in [0.1, 0.15) is 72.4 Å². The van der Waals surface area contributed by atoms with Gasteiger partial charge in [0.05, 0.1) is 5.69 Å². The van der Waals surface area contributed by atoms with Crippen LogP contribution < -0.4 is 10.2 Å². The maximum atomic E-state index is 5.70. The second kappa shape index (κ2) is 15.1. The monoisotopic (exact) mass is 755 g/mol. The normalized spacial score (nSPS) is 17.6. The maximum Gasteiger partial charge on any atom is 0.128 e. The van der Waals surface area contributed by atoms with Gasteiger partial charge in [-0.1, -0.05) is 165 Å². The molecule has 1 aliphatic carbocycles. The van der Waals surface area contributed by atoms with Crippen LogP contribution in [-0.4, -0.2) is 5.84 Å². The fourth-order valence-corrected chi connectivity index (χ4v) is 10.3. The molecule has 10 rings (SSSR count). The van der Waals surface area contributed by atoms with E-state index in [1.807, 2.05) is 11.3 Å². The third kappa shape index (κ3) is 6.39. The Morgan fingerprint density at radius 2 is 1.37 bits per heavy atom. The molecule has 0 saturated carbocycles. The zero-order valence-corrected chi connectivity index (χ0v) is 33.3. The van der Waals surface area contributed by atoms with E-state index in [9.17, 15) is 0 Å². The number of hydrogen-bond donors (Lipinski definition) is 1. The molecule has 0 amide bonds. The Balaban J connectivity index is 1.27. The molecule has 278 valence electrons. The van der Waals surface area contributed by atoms with Crippen molar-refractivity contribution < 1.29 is 0 Å². The van der Waals surface area contributed by atoms with E-state index in [2.05, 4.69) is 194 Å². The molecular formula is C53H45N3S. The van der Waals surface area contributed by atoms with Crippen molar-refractivity contribution in [3.05, 3.63) is 197 Å². The summed E-state index contributed by atoms with van der Waals surface area (Å²) < 4.78 is 1.34. The van der Waals surface area contributed by atoms with Crippen LogP contribution in [0.25, 0.3) is 55.1 Å². The van der Waals surface area contributed by atoms with Crippen LogP contribution >= 0.6 is 11.3 Å². The lowest BCUT2D eigenvalue weighted by Crippen LogP contribution is -2.40. The van der Waals surface area contributed by atoms with Crippen LogP contribution in [0.4, 0.5) is 5.69 Å². The van der Waals surface area contributed by atoms with Crippen LogP contribution in [0.3, 0.4) is 0 Å². The lowest BCUT2D eigenvalue weighted by Gasteiger charge is -2.37. The first-order chi connectivity index (χ1) is 28.2. The molecule has 6 aromatic carbocycles. The summed E-state index contributed by atoms with van der Waals surface area (Å²) in [5.74, 6) is 1.08. The predicted octanol–water partition coefficient (Wildman–Crippen LogP) is 14.2. The number of rotatable bonds is 6. The fourth-order valence-electron chi connectivity index (χ4n) is 8.99. The molecule has 0 radical (unpaired) electrons. The van der Waals surface area contributed by atoms with Gasteiger partial charge in [0.2, 0.25) is 0 Å². The van der Waals surface area contributed by atoms with Gasteiger partial charge in [-0.2, -0.15) is 0 Å². The molecular weight excluding hydrogens is 711 g/mol. The van der Waals surface area contributed by atoms with Gasteiger partial charge in [-0.05, 0) is 82.8 Å². The van der Waals surface area contributed by atoms with Crippen LogP contribution in [0, 0.1) is 0 Å². The van der Waals surface area contributed by atoms with E-state index in [0.29, 0.717) is 0 Å². The highest BCUT2D eigenvalue weighted by molar-refractivity contribution is 7.20. The average molecular weight is 756 g/mol. The minimum absolute atomic E-state index is 0.0811. The number of fused-ring (bicyclic) bond motifs is 7. The van der Waals surface area contributed by atoms with Gasteiger partial charge in [-0.25, -0.2) is 4.99 Å². The maximum absolute atomic E-state index is 5.70. The number of hydrogen-bond acceptors (Lipinski definition) is 4. The first kappa shape index (κ1) is 35.4. The summed E-state index contributed by atoms with van der Waals surface area (Å²) in [4.78, 5) is 9.65. The van der Waals surface area contributed by atoms with E-state index in [1.165, 1.54) is 87.6 Å². The van der Waals surface area contributed by atoms with Crippen molar-refractivity contribution in [1.29, 1.82) is 0 Å². The number of benzene rings is 6. The first-order valence-electron chi connectivity index (χ1n) is 20.3. The second-order valence-electron chi connectivity index (χ2n) is 15.2. The van der Waals surface area contributed by atoms with Crippen molar-refractivity contribution >= 4 is 44.6 Å². The Hall–Kier alpha value is -6.07. The lowest BCUT2D eigenvalue weighted by molar-refractivity contribution is 0.439. The summed E-state index contributed by atoms with van der Waals surface area (Å²) in [5, 5.41) is 5.31. The molecule has 3 heterocycles. The van der Waals surface area contributed by atoms with Crippen molar-refractivity contribution in [1.82, 2.24) is 5.32 Å². The Morgan fingerprint density at radius 1 is 0.719 bits per heavy atom. The van der Waals surface area contributed by atoms with Gasteiger partial charge < -0.3 is 4.90 Å². The summed E-state index contributed by atoms with van der Waals surface area (Å²) in [5.41, 5.74) is 16.3. The van der Waals surface area contributed by atoms with Gasteiger partial charge >= 0.3 is 0 Å². The molecule has 0 fully saturated rings. The average Bonchev–Trinajstić information content (AvgIpc) is 3.63. The highest BCUT2D eigenvalue weighted by atomic mass is 32.1. The quantitative estimate of drug-likeness (QED) is 0.183. The molecule has 1 aromatic heterocycles. The zero-order chi connectivity index (χ0) is 38.3. The molecule has 57 heavy (non-hydrogen) atoms. The van der Waals surface area contributed by atoms with Crippen LogP contribution in [0.15, 0.2) is 175 Å². The number of nitrogens with one attached hydrogen (secondary N) is 1. The van der Waals surface area contributed by atoms with E-state index >= 15 is 0 Å². The van der Waals surface area contributed by atoms with Crippen molar-refractivity contribution in [2.45, 2.75) is 51.7 Å². The van der Waals surface area contributed by atoms with E-state index in [-0.39, 0.29) is 12.2 Å². The minimum Gasteiger partial charge on any atom is -0.301 e. The lowest BCUT2D eigenvalue weighted by atomic mass is 9.88. The fraction of sp³-hybridized carbons (Fsp3) is 0.151. The third-order valence-corrected chi connectivity index (χ3v) is 13.0. The number of anilines is 1. The summed E-state index contributed by atoms with van der Waals surface area (Å²) in [6.45, 7) is 4.54. The third-order valence-electron chi connectivity index (χ3n) is 11.8. The zero-order valence-electron chi connectivity index (χ0n) is 32.5. The van der Waals surface area contributed by atoms with Gasteiger partial charge in [0.15, 0.2) is 0 Å². The van der Waals surface area contributed by atoms with Crippen LogP contribution in [0.5, 0.6) is 0 Å². The molecule has 4 heteroatoms. The number of thiophene rings is 1. The first-order valence-corrected chi connectivity index (χ1v) is 21.1. The summed E-state index contributed by atoms with van der Waals surface area (Å²) in [7, 11) is 0. The standard InChI is InChI=1S/C53H45N3S/c1-3-4-24-41-35(2)56(49-34-47(39-20-10-6-11-21-39)54-53(55-49)40-22-12-7-13-23-40)51-46(43-26-15-14-25-42(41)43)33-45(52-50(51)44-27-16-17-28-48(44)57-52)38-31-29-37(30-32-38)36-18-8-5-9-19-36/h4-15,17-26,28-33,47,53-54H,3,16,27,34H2,1-2H3/b24-4-. The number of aryl methyl sites for hydroxylation is 1. The number of aliphatic imine (C=N–C) groups is 1. The molecule has 3 nitrogen and oxygen atoms in total. The molecule has 2 atom stereocenters. The molecule has 0 spiro atoms. The van der Waals surface area contributed by atoms with Crippen LogP contribution in [-0.2, 0) is 6.42 Å². The van der Waals surface area contributed by atoms with E-state index in [0.717, 1.165) is 31.5 Å². The number of amidine groups is 1. The molecule has 7 aromatic rings. The van der Waals surface area contributed by atoms with Gasteiger partial charge in [0.25, 0.3) is 0 Å². The Kier molecular flexibility index (Phi) is 9.37. The Bertz CT molecular complexity index is 2720. The second-order valence-corrected chi connectivity index (χ2v) is 16.3. The number of allylic oxidation sites excluding steroid dienone is 5. The Labute approximate surface area is 340 Å². The van der Waals surface area contributed by atoms with Gasteiger partial charge in [-0.3, -0.25) is 5.32 Å². The minimum atomic E-state index is -0.200.